The maximum atomic E-state index is 13.4. The quantitative estimate of drug-likeness (QED) is 0.584. The minimum Gasteiger partial charge on any atom is -0.379 e. The Hall–Kier alpha value is -2.28. The molecule has 0 N–H and O–H groups in total. The third kappa shape index (κ3) is 5.41. The molecule has 3 aromatic rings. The molecule has 4 rings (SSSR count). The van der Waals surface area contributed by atoms with Crippen LogP contribution >= 0.6 is 11.3 Å². The van der Waals surface area contributed by atoms with Gasteiger partial charge in [-0.3, -0.25) is 9.89 Å². The molecule has 0 unspecified atom stereocenters. The molecule has 0 bridgehead atoms. The number of nitrogens with zero attached hydrogens (tertiary/aromatic N) is 3. The van der Waals surface area contributed by atoms with Gasteiger partial charge in [0.1, 0.15) is 5.82 Å². The second kappa shape index (κ2) is 9.96. The van der Waals surface area contributed by atoms with Gasteiger partial charge in [-0.1, -0.05) is 30.3 Å². The summed E-state index contributed by atoms with van der Waals surface area (Å²) < 4.78 is 21.1. The van der Waals surface area contributed by atoms with Gasteiger partial charge in [-0.05, 0) is 41.8 Å². The number of halogens is 1. The molecule has 2 aromatic carbocycles. The fraction of sp³-hybridized carbons (Fsp3) is 0.348. The van der Waals surface area contributed by atoms with E-state index in [0.717, 1.165) is 61.9 Å². The van der Waals surface area contributed by atoms with Crippen molar-refractivity contribution in [1.82, 2.24) is 9.47 Å². The summed E-state index contributed by atoms with van der Waals surface area (Å²) in [5.74, 6) is -0.211. The molecule has 0 radical (unpaired) electrons. The molecule has 0 atom stereocenters. The van der Waals surface area contributed by atoms with Crippen LogP contribution in [0.2, 0.25) is 0 Å². The van der Waals surface area contributed by atoms with E-state index < -0.39 is 0 Å². The SMILES string of the molecule is Fc1ccc(-c2csc(=NCc3ccccc3)n2CCCN2CCOCC2)cc1. The Bertz CT molecular complexity index is 960. The van der Waals surface area contributed by atoms with Crippen molar-refractivity contribution in [1.29, 1.82) is 0 Å². The molecule has 0 spiro atoms. The van der Waals surface area contributed by atoms with Crippen LogP contribution in [0.15, 0.2) is 65.0 Å². The van der Waals surface area contributed by atoms with E-state index in [9.17, 15) is 4.39 Å². The molecule has 29 heavy (non-hydrogen) atoms. The van der Waals surface area contributed by atoms with E-state index in [1.54, 1.807) is 11.3 Å². The van der Waals surface area contributed by atoms with Crippen molar-refractivity contribution in [3.05, 3.63) is 76.2 Å². The maximum absolute atomic E-state index is 13.4. The van der Waals surface area contributed by atoms with Gasteiger partial charge in [-0.25, -0.2) is 4.39 Å². The highest BCUT2D eigenvalue weighted by molar-refractivity contribution is 7.07. The van der Waals surface area contributed by atoms with E-state index in [0.29, 0.717) is 6.54 Å². The normalized spacial score (nSPS) is 15.7. The molecule has 4 nitrogen and oxygen atoms in total. The van der Waals surface area contributed by atoms with Gasteiger partial charge in [-0.2, -0.15) is 0 Å². The van der Waals surface area contributed by atoms with Crippen LogP contribution < -0.4 is 4.80 Å². The lowest BCUT2D eigenvalue weighted by molar-refractivity contribution is 0.0369. The number of ether oxygens (including phenoxy) is 1. The number of aromatic nitrogens is 1. The summed E-state index contributed by atoms with van der Waals surface area (Å²) >= 11 is 1.65. The zero-order valence-electron chi connectivity index (χ0n) is 16.5. The first-order valence-electron chi connectivity index (χ1n) is 10.1. The Kier molecular flexibility index (Phi) is 6.87. The molecule has 1 saturated heterocycles. The highest BCUT2D eigenvalue weighted by Gasteiger charge is 2.12. The zero-order valence-corrected chi connectivity index (χ0v) is 17.3. The van der Waals surface area contributed by atoms with E-state index in [1.807, 2.05) is 30.3 Å². The fourth-order valence-electron chi connectivity index (χ4n) is 3.54. The van der Waals surface area contributed by atoms with Crippen molar-refractivity contribution in [2.45, 2.75) is 19.5 Å². The van der Waals surface area contributed by atoms with Crippen molar-refractivity contribution < 1.29 is 9.13 Å². The summed E-state index contributed by atoms with van der Waals surface area (Å²) in [4.78, 5) is 8.34. The minimum atomic E-state index is -0.211. The van der Waals surface area contributed by atoms with Gasteiger partial charge in [0.25, 0.3) is 0 Å². The lowest BCUT2D eigenvalue weighted by atomic mass is 10.1. The molecule has 1 aromatic heterocycles. The largest absolute Gasteiger partial charge is 0.379 e. The number of thiazole rings is 1. The first kappa shape index (κ1) is 20.0. The van der Waals surface area contributed by atoms with E-state index in [1.165, 1.54) is 17.7 Å². The predicted octanol–water partition coefficient (Wildman–Crippen LogP) is 4.18. The topological polar surface area (TPSA) is 29.8 Å². The second-order valence-corrected chi connectivity index (χ2v) is 8.01. The lowest BCUT2D eigenvalue weighted by Crippen LogP contribution is -2.37. The Morgan fingerprint density at radius 2 is 1.72 bits per heavy atom. The Balaban J connectivity index is 1.55. The smallest absolute Gasteiger partial charge is 0.185 e. The monoisotopic (exact) mass is 411 g/mol. The van der Waals surface area contributed by atoms with Crippen LogP contribution in [0, 0.1) is 5.82 Å². The molecular weight excluding hydrogens is 385 g/mol. The molecule has 0 saturated carbocycles. The van der Waals surface area contributed by atoms with E-state index in [4.69, 9.17) is 9.73 Å². The molecule has 2 heterocycles. The number of morpholine rings is 1. The molecular formula is C23H26FN3OS. The maximum Gasteiger partial charge on any atom is 0.185 e. The third-order valence-corrected chi connectivity index (χ3v) is 6.04. The third-order valence-electron chi connectivity index (χ3n) is 5.14. The average molecular weight is 412 g/mol. The fourth-order valence-corrected chi connectivity index (χ4v) is 4.48. The number of hydrogen-bond donors (Lipinski definition) is 0. The van der Waals surface area contributed by atoms with Crippen LogP contribution in [0.1, 0.15) is 12.0 Å². The van der Waals surface area contributed by atoms with Gasteiger partial charge >= 0.3 is 0 Å². The van der Waals surface area contributed by atoms with Crippen LogP contribution in [0.3, 0.4) is 0 Å². The first-order chi connectivity index (χ1) is 14.3. The van der Waals surface area contributed by atoms with Crippen molar-refractivity contribution >= 4 is 11.3 Å². The standard InChI is InChI=1S/C23H26FN3OS/c24-21-9-7-20(8-10-21)22-18-29-23(25-17-19-5-2-1-3-6-19)27(22)12-4-11-26-13-15-28-16-14-26/h1-3,5-10,18H,4,11-17H2. The van der Waals surface area contributed by atoms with E-state index >= 15 is 0 Å². The lowest BCUT2D eigenvalue weighted by Gasteiger charge is -2.26. The van der Waals surface area contributed by atoms with Crippen molar-refractivity contribution in [2.75, 3.05) is 32.8 Å². The Morgan fingerprint density at radius 1 is 0.966 bits per heavy atom. The van der Waals surface area contributed by atoms with Crippen molar-refractivity contribution in [3.63, 3.8) is 0 Å². The summed E-state index contributed by atoms with van der Waals surface area (Å²) in [6.07, 6.45) is 1.05. The van der Waals surface area contributed by atoms with Crippen molar-refractivity contribution in [2.24, 2.45) is 4.99 Å². The second-order valence-electron chi connectivity index (χ2n) is 7.17. The predicted molar refractivity (Wildman–Crippen MR) is 115 cm³/mol. The molecule has 0 amide bonds. The zero-order chi connectivity index (χ0) is 19.9. The minimum absolute atomic E-state index is 0.211. The van der Waals surface area contributed by atoms with Gasteiger partial charge < -0.3 is 9.30 Å². The van der Waals surface area contributed by atoms with E-state index in [2.05, 4.69) is 27.0 Å². The van der Waals surface area contributed by atoms with Crippen LogP contribution in [0.25, 0.3) is 11.3 Å². The molecule has 1 aliphatic rings. The summed E-state index contributed by atoms with van der Waals surface area (Å²) in [6.45, 7) is 6.25. The molecule has 152 valence electrons. The van der Waals surface area contributed by atoms with Crippen LogP contribution in [0.5, 0.6) is 0 Å². The molecule has 1 aliphatic heterocycles. The number of hydrogen-bond acceptors (Lipinski definition) is 4. The Morgan fingerprint density at radius 3 is 2.48 bits per heavy atom. The summed E-state index contributed by atoms with van der Waals surface area (Å²) in [6, 6.07) is 17.0. The number of rotatable bonds is 7. The van der Waals surface area contributed by atoms with Gasteiger partial charge in [0.2, 0.25) is 0 Å². The number of benzene rings is 2. The molecule has 0 aliphatic carbocycles. The van der Waals surface area contributed by atoms with Crippen molar-refractivity contribution in [3.8, 4) is 11.3 Å². The highest BCUT2D eigenvalue weighted by Crippen LogP contribution is 2.21. The van der Waals surface area contributed by atoms with Crippen LogP contribution in [0.4, 0.5) is 4.39 Å². The molecule has 6 heteroatoms. The summed E-state index contributed by atoms with van der Waals surface area (Å²) in [7, 11) is 0. The van der Waals surface area contributed by atoms with Crippen LogP contribution in [-0.2, 0) is 17.8 Å². The average Bonchev–Trinajstić information content (AvgIpc) is 3.17. The molecule has 1 fully saturated rings. The Labute approximate surface area is 174 Å². The van der Waals surface area contributed by atoms with Crippen LogP contribution in [-0.4, -0.2) is 42.3 Å². The first-order valence-corrected chi connectivity index (χ1v) is 11.0. The summed E-state index contributed by atoms with van der Waals surface area (Å²) in [5.41, 5.74) is 3.32. The van der Waals surface area contributed by atoms with Gasteiger partial charge in [-0.15, -0.1) is 11.3 Å². The van der Waals surface area contributed by atoms with E-state index in [-0.39, 0.29) is 5.82 Å². The van der Waals surface area contributed by atoms with Gasteiger partial charge in [0, 0.05) is 31.6 Å². The highest BCUT2D eigenvalue weighted by atomic mass is 32.1. The van der Waals surface area contributed by atoms with Gasteiger partial charge in [0.15, 0.2) is 4.80 Å². The van der Waals surface area contributed by atoms with Gasteiger partial charge in [0.05, 0.1) is 25.5 Å². The summed E-state index contributed by atoms with van der Waals surface area (Å²) in [5, 5.41) is 2.13.